The van der Waals surface area contributed by atoms with Gasteiger partial charge in [0.25, 0.3) is 0 Å². The van der Waals surface area contributed by atoms with E-state index in [4.69, 9.17) is 0 Å². The lowest BCUT2D eigenvalue weighted by Crippen LogP contribution is -2.49. The van der Waals surface area contributed by atoms with Crippen molar-refractivity contribution in [1.29, 1.82) is 0 Å². The average molecular weight is 392 g/mol. The summed E-state index contributed by atoms with van der Waals surface area (Å²) in [7, 11) is 0. The summed E-state index contributed by atoms with van der Waals surface area (Å²) in [6, 6.07) is 16.8. The Morgan fingerprint density at radius 2 is 1.69 bits per heavy atom. The maximum absolute atomic E-state index is 12.5. The average Bonchev–Trinajstić information content (AvgIpc) is 2.72. The van der Waals surface area contributed by atoms with E-state index >= 15 is 0 Å². The van der Waals surface area contributed by atoms with Gasteiger partial charge in [-0.3, -0.25) is 14.6 Å². The van der Waals surface area contributed by atoms with Gasteiger partial charge in [-0.2, -0.15) is 0 Å². The number of piperazine rings is 1. The highest BCUT2D eigenvalue weighted by atomic mass is 16.2. The van der Waals surface area contributed by atoms with Crippen molar-refractivity contribution in [2.24, 2.45) is 0 Å². The second-order valence-corrected chi connectivity index (χ2v) is 8.02. The van der Waals surface area contributed by atoms with E-state index in [2.05, 4.69) is 90.5 Å². The minimum Gasteiger partial charge on any atom is -0.348 e. The molecular formula is C25H33N3O. The Labute approximate surface area is 175 Å². The lowest BCUT2D eigenvalue weighted by molar-refractivity contribution is -0.123. The van der Waals surface area contributed by atoms with Crippen LogP contribution in [0.4, 0.5) is 0 Å². The summed E-state index contributed by atoms with van der Waals surface area (Å²) in [5.41, 5.74) is 4.95. The topological polar surface area (TPSA) is 35.6 Å². The summed E-state index contributed by atoms with van der Waals surface area (Å²) >= 11 is 0. The number of hydrogen-bond acceptors (Lipinski definition) is 3. The molecule has 1 heterocycles. The van der Waals surface area contributed by atoms with Gasteiger partial charge in [-0.15, -0.1) is 0 Å². The van der Waals surface area contributed by atoms with Gasteiger partial charge in [-0.1, -0.05) is 60.7 Å². The number of aryl methyl sites for hydroxylation is 2. The number of nitrogens with zero attached hydrogens (tertiary/aromatic N) is 2. The molecule has 1 N–H and O–H groups in total. The SMILES string of the molecule is Cc1ccc([C@H](C)NC(=O)CN2CCN(C/C=C/c3ccccc3)CC2)cc1C. The fourth-order valence-corrected chi connectivity index (χ4v) is 3.64. The van der Waals surface area contributed by atoms with Crippen LogP contribution in [0.25, 0.3) is 6.08 Å². The molecule has 0 bridgehead atoms. The third-order valence-corrected chi connectivity index (χ3v) is 5.71. The van der Waals surface area contributed by atoms with Crippen molar-refractivity contribution in [1.82, 2.24) is 15.1 Å². The predicted molar refractivity (Wildman–Crippen MR) is 121 cm³/mol. The zero-order valence-electron chi connectivity index (χ0n) is 17.9. The van der Waals surface area contributed by atoms with Crippen LogP contribution in [0.15, 0.2) is 54.6 Å². The normalized spacial score (nSPS) is 16.8. The smallest absolute Gasteiger partial charge is 0.234 e. The molecule has 0 spiro atoms. The first-order valence-electron chi connectivity index (χ1n) is 10.5. The lowest BCUT2D eigenvalue weighted by atomic mass is 10.0. The fourth-order valence-electron chi connectivity index (χ4n) is 3.64. The van der Waals surface area contributed by atoms with Crippen LogP contribution in [-0.2, 0) is 4.79 Å². The lowest BCUT2D eigenvalue weighted by Gasteiger charge is -2.33. The van der Waals surface area contributed by atoms with Gasteiger partial charge < -0.3 is 5.32 Å². The van der Waals surface area contributed by atoms with Gasteiger partial charge in [0.05, 0.1) is 12.6 Å². The van der Waals surface area contributed by atoms with E-state index < -0.39 is 0 Å². The van der Waals surface area contributed by atoms with Gasteiger partial charge in [-0.25, -0.2) is 0 Å². The first-order chi connectivity index (χ1) is 14.0. The van der Waals surface area contributed by atoms with Crippen molar-refractivity contribution < 1.29 is 4.79 Å². The molecule has 1 aliphatic rings. The molecular weight excluding hydrogens is 358 g/mol. The summed E-state index contributed by atoms with van der Waals surface area (Å²) in [5, 5.41) is 3.15. The van der Waals surface area contributed by atoms with E-state index in [-0.39, 0.29) is 11.9 Å². The molecule has 0 aliphatic carbocycles. The number of benzene rings is 2. The zero-order chi connectivity index (χ0) is 20.6. The Hall–Kier alpha value is -2.43. The van der Waals surface area contributed by atoms with Gasteiger partial charge in [0.1, 0.15) is 0 Å². The maximum Gasteiger partial charge on any atom is 0.234 e. The van der Waals surface area contributed by atoms with E-state index in [0.29, 0.717) is 6.54 Å². The molecule has 1 fully saturated rings. The molecule has 0 aromatic heterocycles. The van der Waals surface area contributed by atoms with Gasteiger partial charge in [0, 0.05) is 32.7 Å². The monoisotopic (exact) mass is 391 g/mol. The second-order valence-electron chi connectivity index (χ2n) is 8.02. The van der Waals surface area contributed by atoms with E-state index in [1.807, 2.05) is 6.07 Å². The summed E-state index contributed by atoms with van der Waals surface area (Å²) in [4.78, 5) is 17.2. The quantitative estimate of drug-likeness (QED) is 0.780. The van der Waals surface area contributed by atoms with Crippen molar-refractivity contribution in [2.45, 2.75) is 26.8 Å². The molecule has 1 atom stereocenters. The molecule has 1 amide bonds. The van der Waals surface area contributed by atoms with E-state index in [1.165, 1.54) is 16.7 Å². The maximum atomic E-state index is 12.5. The van der Waals surface area contributed by atoms with Crippen molar-refractivity contribution in [3.8, 4) is 0 Å². The van der Waals surface area contributed by atoms with E-state index in [9.17, 15) is 4.79 Å². The number of carbonyl (C=O) groups is 1. The summed E-state index contributed by atoms with van der Waals surface area (Å²) in [6.45, 7) is 11.6. The highest BCUT2D eigenvalue weighted by Crippen LogP contribution is 2.16. The van der Waals surface area contributed by atoms with Crippen molar-refractivity contribution in [3.63, 3.8) is 0 Å². The highest BCUT2D eigenvalue weighted by molar-refractivity contribution is 5.78. The third kappa shape index (κ3) is 6.55. The van der Waals surface area contributed by atoms with E-state index in [1.54, 1.807) is 0 Å². The molecule has 4 nitrogen and oxygen atoms in total. The minimum absolute atomic E-state index is 0.0335. The number of hydrogen-bond donors (Lipinski definition) is 1. The number of rotatable bonds is 7. The largest absolute Gasteiger partial charge is 0.348 e. The molecule has 154 valence electrons. The summed E-state index contributed by atoms with van der Waals surface area (Å²) in [5.74, 6) is 0.105. The first-order valence-corrected chi connectivity index (χ1v) is 10.5. The second kappa shape index (κ2) is 10.4. The standard InChI is InChI=1S/C25H33N3O/c1-20-11-12-24(18-21(20)2)22(3)26-25(29)19-28-16-14-27(15-17-28)13-7-10-23-8-5-4-6-9-23/h4-12,18,22H,13-17,19H2,1-3H3,(H,26,29)/b10-7+/t22-/m0/s1. The minimum atomic E-state index is 0.0335. The molecule has 1 saturated heterocycles. The summed E-state index contributed by atoms with van der Waals surface area (Å²) < 4.78 is 0. The Kier molecular flexibility index (Phi) is 7.62. The van der Waals surface area contributed by atoms with Crippen LogP contribution in [0.2, 0.25) is 0 Å². The zero-order valence-corrected chi connectivity index (χ0v) is 17.9. The molecule has 3 rings (SSSR count). The highest BCUT2D eigenvalue weighted by Gasteiger charge is 2.19. The van der Waals surface area contributed by atoms with Gasteiger partial charge in [0.15, 0.2) is 0 Å². The van der Waals surface area contributed by atoms with Gasteiger partial charge in [-0.05, 0) is 43.0 Å². The molecule has 29 heavy (non-hydrogen) atoms. The molecule has 2 aromatic carbocycles. The van der Waals surface area contributed by atoms with Crippen LogP contribution in [0.3, 0.4) is 0 Å². The predicted octanol–water partition coefficient (Wildman–Crippen LogP) is 3.81. The number of nitrogens with one attached hydrogen (secondary N) is 1. The van der Waals surface area contributed by atoms with Crippen LogP contribution in [0.5, 0.6) is 0 Å². The molecule has 0 saturated carbocycles. The van der Waals surface area contributed by atoms with Gasteiger partial charge in [0.2, 0.25) is 5.91 Å². The van der Waals surface area contributed by atoms with Crippen LogP contribution >= 0.6 is 0 Å². The fraction of sp³-hybridized carbons (Fsp3) is 0.400. The van der Waals surface area contributed by atoms with Crippen LogP contribution in [0, 0.1) is 13.8 Å². The van der Waals surface area contributed by atoms with Crippen molar-refractivity contribution in [3.05, 3.63) is 76.9 Å². The number of amides is 1. The van der Waals surface area contributed by atoms with E-state index in [0.717, 1.165) is 38.3 Å². The summed E-state index contributed by atoms with van der Waals surface area (Å²) in [6.07, 6.45) is 4.40. The van der Waals surface area contributed by atoms with Crippen molar-refractivity contribution in [2.75, 3.05) is 39.3 Å². The van der Waals surface area contributed by atoms with Gasteiger partial charge >= 0.3 is 0 Å². The van der Waals surface area contributed by atoms with Crippen LogP contribution in [-0.4, -0.2) is 55.0 Å². The Morgan fingerprint density at radius 3 is 2.38 bits per heavy atom. The van der Waals surface area contributed by atoms with Crippen LogP contribution < -0.4 is 5.32 Å². The Bertz CT molecular complexity index is 823. The molecule has 0 radical (unpaired) electrons. The van der Waals surface area contributed by atoms with Crippen molar-refractivity contribution >= 4 is 12.0 Å². The molecule has 2 aromatic rings. The molecule has 1 aliphatic heterocycles. The first kappa shape index (κ1) is 21.3. The molecule has 0 unspecified atom stereocenters. The Morgan fingerprint density at radius 1 is 1.00 bits per heavy atom. The molecule has 4 heteroatoms. The third-order valence-electron chi connectivity index (χ3n) is 5.71. The number of carbonyl (C=O) groups excluding carboxylic acids is 1. The van der Waals surface area contributed by atoms with Crippen LogP contribution in [0.1, 0.15) is 35.2 Å². The Balaban J connectivity index is 1.39.